The van der Waals surface area contributed by atoms with Crippen LogP contribution in [-0.2, 0) is 0 Å². The van der Waals surface area contributed by atoms with Gasteiger partial charge >= 0.3 is 0 Å². The Labute approximate surface area is 64.8 Å². The number of nitrogens with one attached hydrogen (secondary N) is 1. The standard InChI is InChI=1S/C5H8.C4H11N/c1-4-5(2)3;1-3-5-4-2/h4H,1-2H2,3H3;5H,3-4H2,1-2H3. The second-order valence-electron chi connectivity index (χ2n) is 2.01. The van der Waals surface area contributed by atoms with Crippen molar-refractivity contribution in [1.29, 1.82) is 0 Å². The van der Waals surface area contributed by atoms with E-state index < -0.39 is 0 Å². The maximum atomic E-state index is 3.56. The van der Waals surface area contributed by atoms with Crippen molar-refractivity contribution in [3.05, 3.63) is 24.8 Å². The third-order valence-corrected chi connectivity index (χ3v) is 0.848. The van der Waals surface area contributed by atoms with E-state index in [1.165, 1.54) is 0 Å². The summed E-state index contributed by atoms with van der Waals surface area (Å²) in [5.74, 6) is 0. The Hall–Kier alpha value is -0.560. The third-order valence-electron chi connectivity index (χ3n) is 0.848. The maximum absolute atomic E-state index is 3.56. The van der Waals surface area contributed by atoms with E-state index in [9.17, 15) is 0 Å². The largest absolute Gasteiger partial charge is 0.317 e. The minimum atomic E-state index is 1.02. The van der Waals surface area contributed by atoms with Crippen LogP contribution in [0.4, 0.5) is 0 Å². The van der Waals surface area contributed by atoms with E-state index in [1.54, 1.807) is 6.08 Å². The van der Waals surface area contributed by atoms with Gasteiger partial charge in [0.15, 0.2) is 0 Å². The second-order valence-corrected chi connectivity index (χ2v) is 2.01. The summed E-state index contributed by atoms with van der Waals surface area (Å²) in [6, 6.07) is 0. The van der Waals surface area contributed by atoms with E-state index in [-0.39, 0.29) is 0 Å². The predicted octanol–water partition coefficient (Wildman–Crippen LogP) is 2.36. The Kier molecular flexibility index (Phi) is 13.7. The smallest absolute Gasteiger partial charge is 0.00775 e. The summed E-state index contributed by atoms with van der Waals surface area (Å²) in [6.07, 6.45) is 1.72. The molecule has 0 fully saturated rings. The summed E-state index contributed by atoms with van der Waals surface area (Å²) < 4.78 is 0. The fourth-order valence-electron chi connectivity index (χ4n) is 0.250. The summed E-state index contributed by atoms with van der Waals surface area (Å²) in [6.45, 7) is 15.3. The average Bonchev–Trinajstić information content (AvgIpc) is 1.91. The van der Waals surface area contributed by atoms with Crippen LogP contribution in [0.25, 0.3) is 0 Å². The van der Waals surface area contributed by atoms with Crippen molar-refractivity contribution in [3.63, 3.8) is 0 Å². The van der Waals surface area contributed by atoms with Crippen LogP contribution in [0, 0.1) is 0 Å². The first-order valence-corrected chi connectivity index (χ1v) is 3.67. The minimum Gasteiger partial charge on any atom is -0.317 e. The molecule has 0 aliphatic rings. The van der Waals surface area contributed by atoms with Gasteiger partial charge in [-0.05, 0) is 20.0 Å². The molecule has 60 valence electrons. The van der Waals surface area contributed by atoms with Crippen LogP contribution in [0.15, 0.2) is 24.8 Å². The molecule has 0 saturated heterocycles. The molecular weight excluding hydrogens is 122 g/mol. The summed E-state index contributed by atoms with van der Waals surface area (Å²) in [5, 5.41) is 3.11. The topological polar surface area (TPSA) is 12.0 Å². The van der Waals surface area contributed by atoms with Gasteiger partial charge in [-0.3, -0.25) is 0 Å². The molecule has 0 aliphatic heterocycles. The van der Waals surface area contributed by atoms with Gasteiger partial charge in [0.2, 0.25) is 0 Å². The molecular formula is C9H19N. The fraction of sp³-hybridized carbons (Fsp3) is 0.556. The lowest BCUT2D eigenvalue weighted by Gasteiger charge is -1.86. The quantitative estimate of drug-likeness (QED) is 0.595. The van der Waals surface area contributed by atoms with Gasteiger partial charge in [0, 0.05) is 0 Å². The zero-order valence-corrected chi connectivity index (χ0v) is 7.41. The molecule has 1 N–H and O–H groups in total. The van der Waals surface area contributed by atoms with E-state index in [0.29, 0.717) is 0 Å². The Morgan fingerprint density at radius 3 is 1.70 bits per heavy atom. The van der Waals surface area contributed by atoms with Crippen LogP contribution in [0.5, 0.6) is 0 Å². The van der Waals surface area contributed by atoms with Gasteiger partial charge < -0.3 is 5.32 Å². The van der Waals surface area contributed by atoms with E-state index in [4.69, 9.17) is 0 Å². The molecule has 0 aromatic heterocycles. The lowest BCUT2D eigenvalue weighted by molar-refractivity contribution is 0.762. The molecule has 0 unspecified atom stereocenters. The number of allylic oxidation sites excluding steroid dienone is 2. The molecule has 0 heterocycles. The lowest BCUT2D eigenvalue weighted by Crippen LogP contribution is -2.09. The van der Waals surface area contributed by atoms with Gasteiger partial charge in [-0.2, -0.15) is 0 Å². The molecule has 0 rings (SSSR count). The molecule has 1 heteroatoms. The Balaban J connectivity index is 0. The maximum Gasteiger partial charge on any atom is -0.00775 e. The van der Waals surface area contributed by atoms with Crippen molar-refractivity contribution in [2.45, 2.75) is 20.8 Å². The Bertz CT molecular complexity index is 82.7. The fourth-order valence-corrected chi connectivity index (χ4v) is 0.250. The number of hydrogen-bond acceptors (Lipinski definition) is 1. The van der Waals surface area contributed by atoms with Gasteiger partial charge in [-0.25, -0.2) is 0 Å². The van der Waals surface area contributed by atoms with Crippen LogP contribution >= 0.6 is 0 Å². The molecule has 0 amide bonds. The van der Waals surface area contributed by atoms with Crippen molar-refractivity contribution in [3.8, 4) is 0 Å². The normalized spacial score (nSPS) is 7.50. The summed E-state index contributed by atoms with van der Waals surface area (Å²) >= 11 is 0. The molecule has 0 bridgehead atoms. The summed E-state index contributed by atoms with van der Waals surface area (Å²) in [5.41, 5.74) is 1.02. The average molecular weight is 141 g/mol. The zero-order chi connectivity index (χ0) is 8.41. The van der Waals surface area contributed by atoms with Crippen LogP contribution < -0.4 is 5.32 Å². The molecule has 0 saturated carbocycles. The molecule has 0 atom stereocenters. The zero-order valence-electron chi connectivity index (χ0n) is 7.41. The monoisotopic (exact) mass is 141 g/mol. The van der Waals surface area contributed by atoms with Crippen LogP contribution in [0.1, 0.15) is 20.8 Å². The van der Waals surface area contributed by atoms with Gasteiger partial charge in [0.1, 0.15) is 0 Å². The van der Waals surface area contributed by atoms with Gasteiger partial charge in [-0.15, -0.1) is 0 Å². The minimum absolute atomic E-state index is 1.02. The molecule has 0 spiro atoms. The third kappa shape index (κ3) is 26.1. The first-order chi connectivity index (χ1) is 4.68. The van der Waals surface area contributed by atoms with Crippen LogP contribution in [0.3, 0.4) is 0 Å². The SMILES string of the molecule is C=CC(=C)C.CCNCC. The van der Waals surface area contributed by atoms with E-state index in [0.717, 1.165) is 18.7 Å². The van der Waals surface area contributed by atoms with E-state index in [2.05, 4.69) is 32.3 Å². The van der Waals surface area contributed by atoms with Crippen molar-refractivity contribution >= 4 is 0 Å². The van der Waals surface area contributed by atoms with Gasteiger partial charge in [-0.1, -0.05) is 38.7 Å². The second kappa shape index (κ2) is 11.3. The first-order valence-electron chi connectivity index (χ1n) is 3.67. The van der Waals surface area contributed by atoms with Crippen molar-refractivity contribution in [2.75, 3.05) is 13.1 Å². The molecule has 1 nitrogen and oxygen atoms in total. The molecule has 0 aliphatic carbocycles. The Morgan fingerprint density at radius 2 is 1.70 bits per heavy atom. The van der Waals surface area contributed by atoms with E-state index >= 15 is 0 Å². The number of rotatable bonds is 3. The molecule has 10 heavy (non-hydrogen) atoms. The highest BCUT2D eigenvalue weighted by atomic mass is 14.8. The van der Waals surface area contributed by atoms with Crippen LogP contribution in [0.2, 0.25) is 0 Å². The molecule has 0 radical (unpaired) electrons. The van der Waals surface area contributed by atoms with Gasteiger partial charge in [0.05, 0.1) is 0 Å². The van der Waals surface area contributed by atoms with Crippen LogP contribution in [-0.4, -0.2) is 13.1 Å². The Morgan fingerprint density at radius 1 is 1.40 bits per heavy atom. The highest BCUT2D eigenvalue weighted by Gasteiger charge is 1.62. The lowest BCUT2D eigenvalue weighted by atomic mass is 10.4. The highest BCUT2D eigenvalue weighted by Crippen LogP contribution is 1.81. The number of hydrogen-bond donors (Lipinski definition) is 1. The molecule has 0 aromatic carbocycles. The molecule has 0 aromatic rings. The van der Waals surface area contributed by atoms with Gasteiger partial charge in [0.25, 0.3) is 0 Å². The first kappa shape index (κ1) is 12.1. The van der Waals surface area contributed by atoms with E-state index in [1.807, 2.05) is 6.92 Å². The van der Waals surface area contributed by atoms with Crippen molar-refractivity contribution in [1.82, 2.24) is 5.32 Å². The summed E-state index contributed by atoms with van der Waals surface area (Å²) in [7, 11) is 0. The van der Waals surface area contributed by atoms with Crippen molar-refractivity contribution < 1.29 is 0 Å². The predicted molar refractivity (Wildman–Crippen MR) is 49.2 cm³/mol. The highest BCUT2D eigenvalue weighted by molar-refractivity contribution is 5.05. The summed E-state index contributed by atoms with van der Waals surface area (Å²) in [4.78, 5) is 0. The van der Waals surface area contributed by atoms with Crippen molar-refractivity contribution in [2.24, 2.45) is 0 Å².